The van der Waals surface area contributed by atoms with E-state index in [0.717, 1.165) is 7.11 Å². The number of hydrogen-bond donors (Lipinski definition) is 1. The number of amides is 1. The molecule has 0 spiro atoms. The zero-order valence-electron chi connectivity index (χ0n) is 6.26. The molecule has 1 amide bonds. The van der Waals surface area contributed by atoms with Crippen LogP contribution in [0.5, 0.6) is 0 Å². The van der Waals surface area contributed by atoms with Gasteiger partial charge in [-0.3, -0.25) is 4.90 Å². The van der Waals surface area contributed by atoms with Crippen LogP contribution in [0.4, 0.5) is 18.0 Å². The lowest BCUT2D eigenvalue weighted by molar-refractivity contribution is -0.149. The Morgan fingerprint density at radius 3 is 2.33 bits per heavy atom. The molecule has 0 atom stereocenters. The fraction of sp³-hybridized carbons (Fsp3) is 0.800. The third-order valence-corrected chi connectivity index (χ3v) is 0.926. The smallest absolute Gasteiger partial charge is 0.409 e. The number of carbonyl (C=O) groups is 1. The molecule has 0 aromatic heterocycles. The van der Waals surface area contributed by atoms with Gasteiger partial charge in [0.2, 0.25) is 0 Å². The average Bonchev–Trinajstić information content (AvgIpc) is 1.83. The highest BCUT2D eigenvalue weighted by molar-refractivity contribution is 5.64. The van der Waals surface area contributed by atoms with E-state index in [2.05, 4.69) is 4.74 Å². The monoisotopic (exact) mass is 187 g/mol. The highest BCUT2D eigenvalue weighted by Gasteiger charge is 2.32. The third kappa shape index (κ3) is 4.78. The van der Waals surface area contributed by atoms with Gasteiger partial charge in [0.15, 0.2) is 0 Å². The lowest BCUT2D eigenvalue weighted by Gasteiger charge is -2.19. The number of ether oxygens (including phenoxy) is 1. The number of halogens is 3. The van der Waals surface area contributed by atoms with Gasteiger partial charge in [-0.1, -0.05) is 0 Å². The second kappa shape index (κ2) is 4.15. The van der Waals surface area contributed by atoms with Crippen LogP contribution < -0.4 is 0 Å². The molecule has 0 unspecified atom stereocenters. The van der Waals surface area contributed by atoms with Crippen molar-refractivity contribution in [2.24, 2.45) is 0 Å². The number of methoxy groups -OCH3 is 1. The molecule has 0 radical (unpaired) electrons. The topological polar surface area (TPSA) is 49.8 Å². The van der Waals surface area contributed by atoms with Crippen LogP contribution in [-0.2, 0) is 4.74 Å². The van der Waals surface area contributed by atoms with Gasteiger partial charge >= 0.3 is 12.3 Å². The maximum Gasteiger partial charge on any atom is 0.409 e. The van der Waals surface area contributed by atoms with Gasteiger partial charge in [0.05, 0.1) is 0 Å². The fourth-order valence-electron chi connectivity index (χ4n) is 0.541. The lowest BCUT2D eigenvalue weighted by atomic mass is 10.6. The molecule has 0 aromatic rings. The van der Waals surface area contributed by atoms with Crippen molar-refractivity contribution in [1.29, 1.82) is 0 Å². The second-order valence-corrected chi connectivity index (χ2v) is 2.01. The first-order valence-corrected chi connectivity index (χ1v) is 2.90. The minimum absolute atomic E-state index is 0.125. The van der Waals surface area contributed by atoms with Crippen LogP contribution in [0.1, 0.15) is 0 Å². The van der Waals surface area contributed by atoms with Crippen LogP contribution in [0.25, 0.3) is 0 Å². The summed E-state index contributed by atoms with van der Waals surface area (Å²) in [5, 5.41) is 8.21. The molecule has 0 aliphatic heterocycles. The Morgan fingerprint density at radius 1 is 1.58 bits per heavy atom. The average molecular weight is 187 g/mol. The largest absolute Gasteiger partial charge is 0.465 e. The molecule has 12 heavy (non-hydrogen) atoms. The summed E-state index contributed by atoms with van der Waals surface area (Å²) in [6, 6.07) is 0. The third-order valence-electron chi connectivity index (χ3n) is 0.926. The van der Waals surface area contributed by atoms with Crippen molar-refractivity contribution in [3.8, 4) is 0 Å². The van der Waals surface area contributed by atoms with E-state index in [1.54, 1.807) is 0 Å². The van der Waals surface area contributed by atoms with E-state index in [-0.39, 0.29) is 4.90 Å². The zero-order valence-corrected chi connectivity index (χ0v) is 6.26. The van der Waals surface area contributed by atoms with Crippen LogP contribution in [0.15, 0.2) is 0 Å². The highest BCUT2D eigenvalue weighted by Crippen LogP contribution is 2.16. The number of carboxylic acid groups (broad SMARTS) is 1. The molecule has 72 valence electrons. The molecule has 4 nitrogen and oxygen atoms in total. The molecule has 0 aliphatic carbocycles. The van der Waals surface area contributed by atoms with E-state index in [9.17, 15) is 18.0 Å². The number of nitrogens with zero attached hydrogens (tertiary/aromatic N) is 1. The zero-order chi connectivity index (χ0) is 9.78. The Balaban J connectivity index is 4.05. The molecular weight excluding hydrogens is 179 g/mol. The molecule has 0 bridgehead atoms. The first-order valence-electron chi connectivity index (χ1n) is 2.90. The van der Waals surface area contributed by atoms with Crippen molar-refractivity contribution in [3.63, 3.8) is 0 Å². The summed E-state index contributed by atoms with van der Waals surface area (Å²) in [4.78, 5) is 10.2. The number of hydrogen-bond acceptors (Lipinski definition) is 2. The molecule has 7 heteroatoms. The summed E-state index contributed by atoms with van der Waals surface area (Å²) in [6.07, 6.45) is -6.19. The fourth-order valence-corrected chi connectivity index (χ4v) is 0.541. The van der Waals surface area contributed by atoms with E-state index in [1.807, 2.05) is 0 Å². The normalized spacial score (nSPS) is 11.3. The van der Waals surface area contributed by atoms with Gasteiger partial charge in [-0.15, -0.1) is 0 Å². The molecule has 0 saturated heterocycles. The lowest BCUT2D eigenvalue weighted by Crippen LogP contribution is -2.39. The van der Waals surface area contributed by atoms with Crippen LogP contribution >= 0.6 is 0 Å². The Kier molecular flexibility index (Phi) is 3.81. The Labute approximate surface area is 66.5 Å². The predicted octanol–water partition coefficient (Wildman–Crippen LogP) is 1.13. The van der Waals surface area contributed by atoms with E-state index in [4.69, 9.17) is 5.11 Å². The molecule has 0 fully saturated rings. The minimum Gasteiger partial charge on any atom is -0.465 e. The van der Waals surface area contributed by atoms with E-state index >= 15 is 0 Å². The van der Waals surface area contributed by atoms with E-state index in [1.165, 1.54) is 0 Å². The number of rotatable bonds is 3. The van der Waals surface area contributed by atoms with Gasteiger partial charge in [-0.05, 0) is 0 Å². The van der Waals surface area contributed by atoms with Crippen molar-refractivity contribution in [2.75, 3.05) is 20.4 Å². The standard InChI is InChI=1S/C5H8F3NO3/c1-12-3-9(4(10)11)2-5(6,7)8/h2-3H2,1H3,(H,10,11). The maximum absolute atomic E-state index is 11.6. The summed E-state index contributed by atoms with van der Waals surface area (Å²) in [5.74, 6) is 0. The van der Waals surface area contributed by atoms with Crippen LogP contribution in [0.3, 0.4) is 0 Å². The second-order valence-electron chi connectivity index (χ2n) is 2.01. The van der Waals surface area contributed by atoms with Crippen molar-refractivity contribution in [3.05, 3.63) is 0 Å². The maximum atomic E-state index is 11.6. The molecule has 0 rings (SSSR count). The molecule has 1 N–H and O–H groups in total. The summed E-state index contributed by atoms with van der Waals surface area (Å²) < 4.78 is 39.1. The summed E-state index contributed by atoms with van der Waals surface area (Å²) in [6.45, 7) is -2.11. The van der Waals surface area contributed by atoms with Crippen molar-refractivity contribution in [2.45, 2.75) is 6.18 Å². The van der Waals surface area contributed by atoms with Crippen LogP contribution in [0.2, 0.25) is 0 Å². The van der Waals surface area contributed by atoms with Crippen LogP contribution in [0, 0.1) is 0 Å². The molecule has 0 aliphatic rings. The Morgan fingerprint density at radius 2 is 2.08 bits per heavy atom. The summed E-state index contributed by atoms with van der Waals surface area (Å²) >= 11 is 0. The van der Waals surface area contributed by atoms with E-state index < -0.39 is 25.5 Å². The van der Waals surface area contributed by atoms with Gasteiger partial charge in [-0.25, -0.2) is 4.79 Å². The molecule has 0 saturated carbocycles. The molecule has 0 heterocycles. The quantitative estimate of drug-likeness (QED) is 0.674. The summed E-state index contributed by atoms with van der Waals surface area (Å²) in [7, 11) is 1.12. The minimum atomic E-state index is -4.53. The Bertz CT molecular complexity index is 159. The Hall–Kier alpha value is -0.980. The first-order chi connectivity index (χ1) is 5.37. The predicted molar refractivity (Wildman–Crippen MR) is 32.7 cm³/mol. The summed E-state index contributed by atoms with van der Waals surface area (Å²) in [5.41, 5.74) is 0. The van der Waals surface area contributed by atoms with Crippen molar-refractivity contribution < 1.29 is 27.8 Å². The molecular formula is C5H8F3NO3. The first kappa shape index (κ1) is 11.0. The highest BCUT2D eigenvalue weighted by atomic mass is 19.4. The van der Waals surface area contributed by atoms with Gasteiger partial charge < -0.3 is 9.84 Å². The van der Waals surface area contributed by atoms with E-state index in [0.29, 0.717) is 0 Å². The number of alkyl halides is 3. The van der Waals surface area contributed by atoms with Gasteiger partial charge in [0.1, 0.15) is 13.3 Å². The van der Waals surface area contributed by atoms with Crippen molar-refractivity contribution >= 4 is 6.09 Å². The van der Waals surface area contributed by atoms with Gasteiger partial charge in [0.25, 0.3) is 0 Å². The van der Waals surface area contributed by atoms with Crippen LogP contribution in [-0.4, -0.2) is 42.7 Å². The SMILES string of the molecule is COCN(CC(F)(F)F)C(=O)O. The molecule has 0 aromatic carbocycles. The van der Waals surface area contributed by atoms with Gasteiger partial charge in [0, 0.05) is 7.11 Å². The van der Waals surface area contributed by atoms with Gasteiger partial charge in [-0.2, -0.15) is 13.2 Å². The van der Waals surface area contributed by atoms with Crippen molar-refractivity contribution in [1.82, 2.24) is 4.90 Å².